The molecule has 0 aromatic heterocycles. The minimum atomic E-state index is -3.14. The van der Waals surface area contributed by atoms with Gasteiger partial charge in [0.1, 0.15) is 12.4 Å². The lowest BCUT2D eigenvalue weighted by molar-refractivity contribution is 0.218. The van der Waals surface area contributed by atoms with Crippen LogP contribution in [0.3, 0.4) is 0 Å². The van der Waals surface area contributed by atoms with Gasteiger partial charge in [-0.2, -0.15) is 0 Å². The molecule has 4 nitrogen and oxygen atoms in total. The fourth-order valence-electron chi connectivity index (χ4n) is 2.24. The van der Waals surface area contributed by atoms with Gasteiger partial charge in [-0.15, -0.1) is 0 Å². The molecule has 5 heteroatoms. The summed E-state index contributed by atoms with van der Waals surface area (Å²) < 4.78 is 29.3. The van der Waals surface area contributed by atoms with Crippen molar-refractivity contribution in [1.29, 1.82) is 0 Å². The Kier molecular flexibility index (Phi) is 6.85. The van der Waals surface area contributed by atoms with Crippen molar-refractivity contribution in [2.24, 2.45) is 0 Å². The summed E-state index contributed by atoms with van der Waals surface area (Å²) in [5.41, 5.74) is 1.91. The third kappa shape index (κ3) is 5.51. The highest BCUT2D eigenvalue weighted by Crippen LogP contribution is 2.52. The SMILES string of the molecule is CCOP(=O)(Cc1ccccc1OCc1ccccc1)OCC. The van der Waals surface area contributed by atoms with Gasteiger partial charge < -0.3 is 13.8 Å². The third-order valence-corrected chi connectivity index (χ3v) is 5.26. The summed E-state index contributed by atoms with van der Waals surface area (Å²) in [6.07, 6.45) is 0.208. The summed E-state index contributed by atoms with van der Waals surface area (Å²) in [5.74, 6) is 0.705. The van der Waals surface area contributed by atoms with Crippen molar-refractivity contribution in [3.8, 4) is 5.75 Å². The molecule has 0 heterocycles. The van der Waals surface area contributed by atoms with E-state index in [0.29, 0.717) is 25.6 Å². The van der Waals surface area contributed by atoms with Crippen LogP contribution >= 0.6 is 7.60 Å². The lowest BCUT2D eigenvalue weighted by Gasteiger charge is -2.19. The van der Waals surface area contributed by atoms with Crippen molar-refractivity contribution < 1.29 is 18.3 Å². The van der Waals surface area contributed by atoms with E-state index in [1.54, 1.807) is 0 Å². The Hall–Kier alpha value is -1.61. The Balaban J connectivity index is 2.11. The van der Waals surface area contributed by atoms with Gasteiger partial charge >= 0.3 is 7.60 Å². The van der Waals surface area contributed by atoms with Gasteiger partial charge in [0, 0.05) is 5.56 Å². The van der Waals surface area contributed by atoms with Crippen LogP contribution in [0.2, 0.25) is 0 Å². The monoisotopic (exact) mass is 334 g/mol. The van der Waals surface area contributed by atoms with Crippen LogP contribution in [0, 0.1) is 0 Å². The first-order valence-electron chi connectivity index (χ1n) is 7.79. The molecule has 124 valence electrons. The summed E-state index contributed by atoms with van der Waals surface area (Å²) in [4.78, 5) is 0. The van der Waals surface area contributed by atoms with Crippen LogP contribution in [-0.4, -0.2) is 13.2 Å². The average molecular weight is 334 g/mol. The molecule has 2 aromatic carbocycles. The molecule has 0 atom stereocenters. The normalized spacial score (nSPS) is 11.4. The molecule has 0 saturated heterocycles. The molecule has 0 bridgehead atoms. The molecule has 2 rings (SSSR count). The smallest absolute Gasteiger partial charge is 0.335 e. The lowest BCUT2D eigenvalue weighted by Crippen LogP contribution is -2.02. The largest absolute Gasteiger partial charge is 0.489 e. The Morgan fingerprint density at radius 1 is 0.870 bits per heavy atom. The van der Waals surface area contributed by atoms with Crippen LogP contribution in [0.1, 0.15) is 25.0 Å². The molecule has 0 radical (unpaired) electrons. The van der Waals surface area contributed by atoms with Crippen LogP contribution in [0.4, 0.5) is 0 Å². The van der Waals surface area contributed by atoms with E-state index >= 15 is 0 Å². The first-order valence-corrected chi connectivity index (χ1v) is 9.52. The molecule has 0 aliphatic rings. The van der Waals surface area contributed by atoms with Crippen LogP contribution in [0.25, 0.3) is 0 Å². The molecule has 0 fully saturated rings. The summed E-state index contributed by atoms with van der Waals surface area (Å²) in [6.45, 7) is 4.78. The molecule has 23 heavy (non-hydrogen) atoms. The number of ether oxygens (including phenoxy) is 1. The van der Waals surface area contributed by atoms with E-state index in [0.717, 1.165) is 11.1 Å². The van der Waals surface area contributed by atoms with Crippen molar-refractivity contribution in [2.75, 3.05) is 13.2 Å². The Morgan fingerprint density at radius 3 is 2.13 bits per heavy atom. The summed E-state index contributed by atoms with van der Waals surface area (Å²) in [5, 5.41) is 0. The third-order valence-electron chi connectivity index (χ3n) is 3.23. The van der Waals surface area contributed by atoms with Gasteiger partial charge in [0.15, 0.2) is 0 Å². The maximum Gasteiger partial charge on any atom is 0.335 e. The van der Waals surface area contributed by atoms with E-state index < -0.39 is 7.60 Å². The molecule has 0 amide bonds. The van der Waals surface area contributed by atoms with Crippen LogP contribution in [0.15, 0.2) is 54.6 Å². The van der Waals surface area contributed by atoms with Gasteiger partial charge in [0.2, 0.25) is 0 Å². The second-order valence-electron chi connectivity index (χ2n) is 4.99. The van der Waals surface area contributed by atoms with E-state index in [2.05, 4.69) is 0 Å². The second-order valence-corrected chi connectivity index (χ2v) is 7.04. The molecule has 0 aliphatic heterocycles. The number of para-hydroxylation sites is 1. The predicted molar refractivity (Wildman–Crippen MR) is 91.8 cm³/mol. The van der Waals surface area contributed by atoms with Crippen molar-refractivity contribution >= 4 is 7.60 Å². The Labute approximate surface area is 137 Å². The molecule has 0 spiro atoms. The number of hydrogen-bond acceptors (Lipinski definition) is 4. The van der Waals surface area contributed by atoms with Gasteiger partial charge in [0.25, 0.3) is 0 Å². The number of hydrogen-bond donors (Lipinski definition) is 0. The zero-order chi connectivity index (χ0) is 16.5. The standard InChI is InChI=1S/C18H23O4P/c1-3-21-23(19,22-4-2)15-17-12-8-9-13-18(17)20-14-16-10-6-5-7-11-16/h5-13H,3-4,14-15H2,1-2H3. The number of benzene rings is 2. The van der Waals surface area contributed by atoms with Gasteiger partial charge in [-0.25, -0.2) is 0 Å². The van der Waals surface area contributed by atoms with Gasteiger partial charge in [-0.1, -0.05) is 48.5 Å². The summed E-state index contributed by atoms with van der Waals surface area (Å²) in [6, 6.07) is 17.5. The number of rotatable bonds is 9. The van der Waals surface area contributed by atoms with Crippen molar-refractivity contribution in [3.63, 3.8) is 0 Å². The molecular formula is C18H23O4P. The van der Waals surface area contributed by atoms with Crippen molar-refractivity contribution in [1.82, 2.24) is 0 Å². The second kappa shape index (κ2) is 8.88. The predicted octanol–water partition coefficient (Wildman–Crippen LogP) is 5.03. The van der Waals surface area contributed by atoms with Gasteiger partial charge in [-0.3, -0.25) is 4.57 Å². The first-order chi connectivity index (χ1) is 11.2. The average Bonchev–Trinajstić information content (AvgIpc) is 2.55. The Morgan fingerprint density at radius 2 is 1.48 bits per heavy atom. The summed E-state index contributed by atoms with van der Waals surface area (Å²) in [7, 11) is -3.14. The highest BCUT2D eigenvalue weighted by molar-refractivity contribution is 7.53. The van der Waals surface area contributed by atoms with Crippen LogP contribution < -0.4 is 4.74 Å². The minimum Gasteiger partial charge on any atom is -0.489 e. The van der Waals surface area contributed by atoms with Crippen molar-refractivity contribution in [2.45, 2.75) is 26.6 Å². The lowest BCUT2D eigenvalue weighted by atomic mass is 10.2. The highest BCUT2D eigenvalue weighted by Gasteiger charge is 2.25. The zero-order valence-electron chi connectivity index (χ0n) is 13.6. The molecular weight excluding hydrogens is 311 g/mol. The minimum absolute atomic E-state index is 0.208. The molecule has 2 aromatic rings. The van der Waals surface area contributed by atoms with Gasteiger partial charge in [0.05, 0.1) is 19.4 Å². The van der Waals surface area contributed by atoms with E-state index in [4.69, 9.17) is 13.8 Å². The Bertz CT molecular complexity index is 632. The van der Waals surface area contributed by atoms with E-state index in [1.807, 2.05) is 68.4 Å². The first kappa shape index (κ1) is 17.7. The van der Waals surface area contributed by atoms with Crippen LogP contribution in [0.5, 0.6) is 5.75 Å². The topological polar surface area (TPSA) is 44.8 Å². The molecule has 0 N–H and O–H groups in total. The molecule has 0 aliphatic carbocycles. The molecule has 0 saturated carbocycles. The van der Waals surface area contributed by atoms with E-state index in [1.165, 1.54) is 0 Å². The molecule has 0 unspecified atom stereocenters. The maximum absolute atomic E-state index is 12.7. The highest BCUT2D eigenvalue weighted by atomic mass is 31.2. The van der Waals surface area contributed by atoms with Crippen molar-refractivity contribution in [3.05, 3.63) is 65.7 Å². The van der Waals surface area contributed by atoms with Gasteiger partial charge in [-0.05, 0) is 25.5 Å². The fourth-order valence-corrected chi connectivity index (χ4v) is 3.96. The quantitative estimate of drug-likeness (QED) is 0.603. The fraction of sp³-hybridized carbons (Fsp3) is 0.333. The zero-order valence-corrected chi connectivity index (χ0v) is 14.5. The van der Waals surface area contributed by atoms with E-state index in [9.17, 15) is 4.57 Å². The van der Waals surface area contributed by atoms with E-state index in [-0.39, 0.29) is 6.16 Å². The van der Waals surface area contributed by atoms with Crippen LogP contribution in [-0.2, 0) is 26.4 Å². The maximum atomic E-state index is 12.7. The summed E-state index contributed by atoms with van der Waals surface area (Å²) >= 11 is 0.